The molecule has 0 radical (unpaired) electrons. The van der Waals surface area contributed by atoms with Gasteiger partial charge in [-0.05, 0) is 25.2 Å². The van der Waals surface area contributed by atoms with E-state index in [1.165, 1.54) is 19.3 Å². The molecule has 0 aliphatic heterocycles. The maximum atomic E-state index is 11.6. The fourth-order valence-electron chi connectivity index (χ4n) is 2.22. The number of aliphatic carboxylic acids is 1. The van der Waals surface area contributed by atoms with E-state index in [4.69, 9.17) is 5.11 Å². The van der Waals surface area contributed by atoms with Crippen molar-refractivity contribution in [3.05, 3.63) is 0 Å². The molecule has 0 aromatic carbocycles. The van der Waals surface area contributed by atoms with Crippen molar-refractivity contribution in [3.8, 4) is 0 Å². The van der Waals surface area contributed by atoms with Crippen molar-refractivity contribution in [2.24, 2.45) is 5.92 Å². The highest BCUT2D eigenvalue weighted by Gasteiger charge is 2.15. The molecule has 18 heavy (non-hydrogen) atoms. The molecule has 1 rings (SSSR count). The van der Waals surface area contributed by atoms with E-state index in [1.54, 1.807) is 0 Å². The normalized spacial score (nSPS) is 18.1. The van der Waals surface area contributed by atoms with Gasteiger partial charge in [0.2, 0.25) is 0 Å². The van der Waals surface area contributed by atoms with Gasteiger partial charge in [-0.25, -0.2) is 4.79 Å². The first-order chi connectivity index (χ1) is 8.58. The van der Waals surface area contributed by atoms with Gasteiger partial charge in [-0.1, -0.05) is 26.2 Å². The fraction of sp³-hybridized carbons (Fsp3) is 0.846. The second kappa shape index (κ2) is 7.95. The smallest absolute Gasteiger partial charge is 0.315 e. The summed E-state index contributed by atoms with van der Waals surface area (Å²) in [5.74, 6) is -0.591. The summed E-state index contributed by atoms with van der Waals surface area (Å²) in [7, 11) is 0. The van der Waals surface area contributed by atoms with Crippen LogP contribution in [0, 0.1) is 5.92 Å². The Morgan fingerprint density at radius 2 is 1.94 bits per heavy atom. The average molecular weight is 256 g/mol. The van der Waals surface area contributed by atoms with Crippen molar-refractivity contribution in [2.75, 3.05) is 6.54 Å². The topological polar surface area (TPSA) is 78.4 Å². The van der Waals surface area contributed by atoms with E-state index in [1.807, 2.05) is 6.92 Å². The van der Waals surface area contributed by atoms with Crippen LogP contribution in [0.25, 0.3) is 0 Å². The first kappa shape index (κ1) is 14.8. The molecule has 1 fully saturated rings. The van der Waals surface area contributed by atoms with Crippen LogP contribution in [0.5, 0.6) is 0 Å². The summed E-state index contributed by atoms with van der Waals surface area (Å²) in [6, 6.07) is 0.192. The van der Waals surface area contributed by atoms with Crippen LogP contribution in [0.1, 0.15) is 51.9 Å². The molecule has 2 amide bonds. The highest BCUT2D eigenvalue weighted by atomic mass is 16.4. The molecule has 0 aromatic heterocycles. The Morgan fingerprint density at radius 1 is 1.28 bits per heavy atom. The number of carboxylic acids is 1. The van der Waals surface area contributed by atoms with Gasteiger partial charge in [-0.15, -0.1) is 0 Å². The first-order valence-corrected chi connectivity index (χ1v) is 6.84. The molecule has 0 spiro atoms. The third kappa shape index (κ3) is 6.47. The van der Waals surface area contributed by atoms with Crippen LogP contribution in [0.3, 0.4) is 0 Å². The van der Waals surface area contributed by atoms with Crippen molar-refractivity contribution < 1.29 is 14.7 Å². The predicted octanol–water partition coefficient (Wildman–Crippen LogP) is 2.12. The summed E-state index contributed by atoms with van der Waals surface area (Å²) in [5, 5.41) is 14.3. The molecule has 104 valence electrons. The van der Waals surface area contributed by atoms with Crippen LogP contribution in [0.15, 0.2) is 0 Å². The molecule has 1 unspecified atom stereocenters. The van der Waals surface area contributed by atoms with Crippen molar-refractivity contribution in [1.29, 1.82) is 0 Å². The number of urea groups is 1. The van der Waals surface area contributed by atoms with Crippen LogP contribution in [0.4, 0.5) is 4.79 Å². The Hall–Kier alpha value is -1.26. The summed E-state index contributed by atoms with van der Waals surface area (Å²) >= 11 is 0. The minimum Gasteiger partial charge on any atom is -0.481 e. The SMILES string of the molecule is CC(CCC(=O)O)CNC(=O)NC1CCCCC1. The molecule has 0 heterocycles. The van der Waals surface area contributed by atoms with E-state index in [-0.39, 0.29) is 18.4 Å². The van der Waals surface area contributed by atoms with E-state index in [9.17, 15) is 9.59 Å². The van der Waals surface area contributed by atoms with Gasteiger partial charge in [0.05, 0.1) is 0 Å². The summed E-state index contributed by atoms with van der Waals surface area (Å²) < 4.78 is 0. The van der Waals surface area contributed by atoms with E-state index >= 15 is 0 Å². The summed E-state index contributed by atoms with van der Waals surface area (Å²) in [4.78, 5) is 22.0. The predicted molar refractivity (Wildman–Crippen MR) is 69.4 cm³/mol. The largest absolute Gasteiger partial charge is 0.481 e. The van der Waals surface area contributed by atoms with E-state index in [0.29, 0.717) is 19.0 Å². The molecule has 5 heteroatoms. The van der Waals surface area contributed by atoms with Crippen LogP contribution >= 0.6 is 0 Å². The minimum absolute atomic E-state index is 0.121. The Balaban J connectivity index is 2.10. The maximum absolute atomic E-state index is 11.6. The Morgan fingerprint density at radius 3 is 2.56 bits per heavy atom. The molecule has 0 bridgehead atoms. The number of amides is 2. The Kier molecular flexibility index (Phi) is 6.54. The van der Waals surface area contributed by atoms with E-state index in [0.717, 1.165) is 12.8 Å². The summed E-state index contributed by atoms with van der Waals surface area (Å²) in [6.45, 7) is 2.48. The van der Waals surface area contributed by atoms with Crippen molar-refractivity contribution in [3.63, 3.8) is 0 Å². The zero-order valence-corrected chi connectivity index (χ0v) is 11.1. The minimum atomic E-state index is -0.784. The monoisotopic (exact) mass is 256 g/mol. The van der Waals surface area contributed by atoms with Gasteiger partial charge in [0.25, 0.3) is 0 Å². The number of hydrogen-bond acceptors (Lipinski definition) is 2. The maximum Gasteiger partial charge on any atom is 0.315 e. The highest BCUT2D eigenvalue weighted by Crippen LogP contribution is 2.17. The molecule has 1 atom stereocenters. The number of carbonyl (C=O) groups excluding carboxylic acids is 1. The number of nitrogens with one attached hydrogen (secondary N) is 2. The standard InChI is InChI=1S/C13H24N2O3/c1-10(7-8-12(16)17)9-14-13(18)15-11-5-3-2-4-6-11/h10-11H,2-9H2,1H3,(H,16,17)(H2,14,15,18). The molecular formula is C13H24N2O3. The first-order valence-electron chi connectivity index (χ1n) is 6.84. The number of carbonyl (C=O) groups is 2. The third-order valence-electron chi connectivity index (χ3n) is 3.40. The number of rotatable bonds is 6. The molecular weight excluding hydrogens is 232 g/mol. The van der Waals surface area contributed by atoms with Gasteiger partial charge in [0.1, 0.15) is 0 Å². The summed E-state index contributed by atoms with van der Waals surface area (Å²) in [6.07, 6.45) is 6.56. The lowest BCUT2D eigenvalue weighted by molar-refractivity contribution is -0.137. The number of hydrogen-bond donors (Lipinski definition) is 3. The fourth-order valence-corrected chi connectivity index (χ4v) is 2.22. The van der Waals surface area contributed by atoms with Gasteiger partial charge in [-0.2, -0.15) is 0 Å². The average Bonchev–Trinajstić information content (AvgIpc) is 2.35. The second-order valence-electron chi connectivity index (χ2n) is 5.23. The van der Waals surface area contributed by atoms with Crippen molar-refractivity contribution >= 4 is 12.0 Å². The second-order valence-corrected chi connectivity index (χ2v) is 5.23. The molecule has 5 nitrogen and oxygen atoms in total. The van der Waals surface area contributed by atoms with Crippen LogP contribution in [-0.2, 0) is 4.79 Å². The lowest BCUT2D eigenvalue weighted by Crippen LogP contribution is -2.44. The quantitative estimate of drug-likeness (QED) is 0.681. The molecule has 1 aliphatic carbocycles. The molecule has 3 N–H and O–H groups in total. The van der Waals surface area contributed by atoms with E-state index in [2.05, 4.69) is 10.6 Å². The Bertz CT molecular complexity index is 275. The van der Waals surface area contributed by atoms with E-state index < -0.39 is 5.97 Å². The van der Waals surface area contributed by atoms with Crippen molar-refractivity contribution in [2.45, 2.75) is 57.9 Å². The number of carboxylic acid groups (broad SMARTS) is 1. The molecule has 0 saturated heterocycles. The van der Waals surface area contributed by atoms with Gasteiger partial charge in [0, 0.05) is 19.0 Å². The third-order valence-corrected chi connectivity index (χ3v) is 3.40. The zero-order valence-electron chi connectivity index (χ0n) is 11.1. The zero-order chi connectivity index (χ0) is 13.4. The molecule has 1 aliphatic rings. The molecule has 0 aromatic rings. The lowest BCUT2D eigenvalue weighted by atomic mass is 9.96. The summed E-state index contributed by atoms with van der Waals surface area (Å²) in [5.41, 5.74) is 0. The van der Waals surface area contributed by atoms with Gasteiger partial charge < -0.3 is 15.7 Å². The molecule has 1 saturated carbocycles. The highest BCUT2D eigenvalue weighted by molar-refractivity contribution is 5.74. The van der Waals surface area contributed by atoms with Gasteiger partial charge >= 0.3 is 12.0 Å². The van der Waals surface area contributed by atoms with Crippen LogP contribution in [0.2, 0.25) is 0 Å². The van der Waals surface area contributed by atoms with Crippen LogP contribution in [-0.4, -0.2) is 29.7 Å². The van der Waals surface area contributed by atoms with Gasteiger partial charge in [0.15, 0.2) is 0 Å². The van der Waals surface area contributed by atoms with Gasteiger partial charge in [-0.3, -0.25) is 4.79 Å². The Labute approximate surface area is 108 Å². The van der Waals surface area contributed by atoms with Crippen LogP contribution < -0.4 is 10.6 Å². The lowest BCUT2D eigenvalue weighted by Gasteiger charge is -2.23. The van der Waals surface area contributed by atoms with Crippen molar-refractivity contribution in [1.82, 2.24) is 10.6 Å².